The monoisotopic (exact) mass is 245 g/mol. The second kappa shape index (κ2) is 5.69. The van der Waals surface area contributed by atoms with Gasteiger partial charge in [0.2, 0.25) is 5.91 Å². The van der Waals surface area contributed by atoms with Gasteiger partial charge in [0, 0.05) is 31.2 Å². The molecule has 18 heavy (non-hydrogen) atoms. The number of primary amides is 1. The highest BCUT2D eigenvalue weighted by Gasteiger charge is 2.03. The molecule has 0 fully saturated rings. The number of aryl methyl sites for hydroxylation is 1. The Morgan fingerprint density at radius 1 is 1.39 bits per heavy atom. The molecule has 0 saturated heterocycles. The van der Waals surface area contributed by atoms with Crippen LogP contribution in [-0.2, 0) is 17.9 Å². The number of nitrogens with two attached hydrogens (primary N) is 1. The van der Waals surface area contributed by atoms with Gasteiger partial charge in [0.05, 0.1) is 0 Å². The molecular formula is C14H19N3O. The zero-order chi connectivity index (χ0) is 13.0. The van der Waals surface area contributed by atoms with Crippen LogP contribution in [0.5, 0.6) is 0 Å². The Morgan fingerprint density at radius 2 is 2.22 bits per heavy atom. The van der Waals surface area contributed by atoms with Crippen LogP contribution in [0.4, 0.5) is 0 Å². The zero-order valence-electron chi connectivity index (χ0n) is 10.6. The fourth-order valence-corrected chi connectivity index (χ4v) is 2.05. The van der Waals surface area contributed by atoms with Crippen molar-refractivity contribution >= 4 is 16.8 Å². The fraction of sp³-hybridized carbons (Fsp3) is 0.357. The van der Waals surface area contributed by atoms with Gasteiger partial charge in [0.1, 0.15) is 0 Å². The van der Waals surface area contributed by atoms with Crippen molar-refractivity contribution in [1.82, 2.24) is 9.88 Å². The van der Waals surface area contributed by atoms with Crippen LogP contribution in [0.25, 0.3) is 10.9 Å². The average molecular weight is 245 g/mol. The van der Waals surface area contributed by atoms with Gasteiger partial charge >= 0.3 is 0 Å². The molecule has 0 bridgehead atoms. The van der Waals surface area contributed by atoms with E-state index in [4.69, 9.17) is 5.73 Å². The van der Waals surface area contributed by atoms with Crippen molar-refractivity contribution < 1.29 is 4.79 Å². The summed E-state index contributed by atoms with van der Waals surface area (Å²) >= 11 is 0. The maximum absolute atomic E-state index is 10.8. The maximum Gasteiger partial charge on any atom is 0.219 e. The molecule has 3 N–H and O–H groups in total. The Balaban J connectivity index is 2.18. The number of nitrogens with one attached hydrogen (secondary N) is 1. The van der Waals surface area contributed by atoms with E-state index in [2.05, 4.69) is 41.1 Å². The topological polar surface area (TPSA) is 60.1 Å². The minimum Gasteiger partial charge on any atom is -0.370 e. The predicted octanol–water partition coefficient (Wildman–Crippen LogP) is 1.63. The number of carbonyl (C=O) groups excluding carboxylic acids is 1. The van der Waals surface area contributed by atoms with Crippen LogP contribution in [0.2, 0.25) is 0 Å². The molecule has 4 nitrogen and oxygen atoms in total. The Bertz CT molecular complexity index is 545. The van der Waals surface area contributed by atoms with Crippen LogP contribution in [0, 0.1) is 0 Å². The number of rotatable bonds is 6. The number of aromatic nitrogens is 1. The molecule has 0 radical (unpaired) electrons. The first kappa shape index (κ1) is 12.6. The molecule has 1 heterocycles. The van der Waals surface area contributed by atoms with E-state index in [1.807, 2.05) is 6.20 Å². The molecule has 2 aromatic rings. The molecule has 1 aromatic heterocycles. The van der Waals surface area contributed by atoms with Gasteiger partial charge < -0.3 is 15.6 Å². The fourth-order valence-electron chi connectivity index (χ4n) is 2.05. The average Bonchev–Trinajstić information content (AvgIpc) is 2.76. The highest BCUT2D eigenvalue weighted by atomic mass is 16.1. The Kier molecular flexibility index (Phi) is 3.99. The van der Waals surface area contributed by atoms with Crippen molar-refractivity contribution in [3.63, 3.8) is 0 Å². The van der Waals surface area contributed by atoms with E-state index < -0.39 is 0 Å². The number of fused-ring (bicyclic) bond motifs is 1. The molecule has 0 atom stereocenters. The first-order valence-corrected chi connectivity index (χ1v) is 6.27. The molecule has 1 aromatic carbocycles. The van der Waals surface area contributed by atoms with Gasteiger partial charge in [-0.15, -0.1) is 0 Å². The Morgan fingerprint density at radius 3 is 2.94 bits per heavy atom. The maximum atomic E-state index is 10.8. The molecule has 2 rings (SSSR count). The molecule has 0 spiro atoms. The van der Waals surface area contributed by atoms with E-state index in [9.17, 15) is 4.79 Å². The van der Waals surface area contributed by atoms with Crippen molar-refractivity contribution in [2.24, 2.45) is 5.73 Å². The van der Waals surface area contributed by atoms with Crippen LogP contribution in [0.15, 0.2) is 30.5 Å². The van der Waals surface area contributed by atoms with Crippen LogP contribution >= 0.6 is 0 Å². The van der Waals surface area contributed by atoms with Crippen molar-refractivity contribution in [1.29, 1.82) is 0 Å². The first-order chi connectivity index (χ1) is 8.70. The number of amides is 1. The Hall–Kier alpha value is -1.81. The second-order valence-corrected chi connectivity index (χ2v) is 4.40. The van der Waals surface area contributed by atoms with E-state index in [0.29, 0.717) is 13.0 Å². The molecule has 0 unspecified atom stereocenters. The quantitative estimate of drug-likeness (QED) is 0.812. The molecule has 0 aliphatic heterocycles. The summed E-state index contributed by atoms with van der Waals surface area (Å²) < 4.78 is 2.07. The highest BCUT2D eigenvalue weighted by molar-refractivity contribution is 5.81. The van der Waals surface area contributed by atoms with Gasteiger partial charge in [0.25, 0.3) is 0 Å². The summed E-state index contributed by atoms with van der Waals surface area (Å²) in [7, 11) is 0. The predicted molar refractivity (Wildman–Crippen MR) is 73.1 cm³/mol. The third-order valence-corrected chi connectivity index (χ3v) is 3.01. The number of nitrogens with zero attached hydrogens (tertiary/aromatic N) is 1. The van der Waals surface area contributed by atoms with E-state index in [1.54, 1.807) is 0 Å². The molecular weight excluding hydrogens is 226 g/mol. The second-order valence-electron chi connectivity index (χ2n) is 4.40. The minimum absolute atomic E-state index is 0.263. The van der Waals surface area contributed by atoms with Crippen molar-refractivity contribution in [3.8, 4) is 0 Å². The zero-order valence-corrected chi connectivity index (χ0v) is 10.6. The summed E-state index contributed by atoms with van der Waals surface area (Å²) in [5, 5.41) is 4.51. The lowest BCUT2D eigenvalue weighted by Crippen LogP contribution is -2.13. The molecule has 0 aliphatic carbocycles. The lowest BCUT2D eigenvalue weighted by molar-refractivity contribution is -0.118. The molecule has 0 saturated carbocycles. The standard InChI is InChI=1S/C14H19N3O/c1-2-16-10-11-3-4-13-12(9-11)5-7-17(13)8-6-14(15)18/h3-5,7,9,16H,2,6,8,10H2,1H3,(H2,15,18). The van der Waals surface area contributed by atoms with Gasteiger partial charge in [-0.25, -0.2) is 0 Å². The van der Waals surface area contributed by atoms with E-state index >= 15 is 0 Å². The number of carbonyl (C=O) groups is 1. The lowest BCUT2D eigenvalue weighted by atomic mass is 10.1. The molecule has 1 amide bonds. The van der Waals surface area contributed by atoms with Crippen molar-refractivity contribution in [2.75, 3.05) is 6.54 Å². The molecule has 4 heteroatoms. The van der Waals surface area contributed by atoms with Crippen molar-refractivity contribution in [2.45, 2.75) is 26.4 Å². The summed E-state index contributed by atoms with van der Waals surface area (Å²) in [5.74, 6) is -0.263. The smallest absolute Gasteiger partial charge is 0.219 e. The van der Waals surface area contributed by atoms with Gasteiger partial charge in [0.15, 0.2) is 0 Å². The lowest BCUT2D eigenvalue weighted by Gasteiger charge is -2.05. The van der Waals surface area contributed by atoms with Crippen LogP contribution in [0.3, 0.4) is 0 Å². The Labute approximate surface area is 107 Å². The number of hydrogen-bond donors (Lipinski definition) is 2. The summed E-state index contributed by atoms with van der Waals surface area (Å²) in [4.78, 5) is 10.8. The van der Waals surface area contributed by atoms with Crippen LogP contribution < -0.4 is 11.1 Å². The summed E-state index contributed by atoms with van der Waals surface area (Å²) in [6, 6.07) is 8.47. The molecule has 96 valence electrons. The van der Waals surface area contributed by atoms with Gasteiger partial charge in [-0.1, -0.05) is 13.0 Å². The summed E-state index contributed by atoms with van der Waals surface area (Å²) in [6.45, 7) is 4.60. The largest absolute Gasteiger partial charge is 0.370 e. The third kappa shape index (κ3) is 2.90. The SMILES string of the molecule is CCNCc1ccc2c(ccn2CCC(N)=O)c1. The van der Waals surface area contributed by atoms with E-state index in [1.165, 1.54) is 10.9 Å². The third-order valence-electron chi connectivity index (χ3n) is 3.01. The van der Waals surface area contributed by atoms with Crippen LogP contribution in [-0.4, -0.2) is 17.0 Å². The first-order valence-electron chi connectivity index (χ1n) is 6.27. The van der Waals surface area contributed by atoms with Gasteiger partial charge in [-0.3, -0.25) is 4.79 Å². The summed E-state index contributed by atoms with van der Waals surface area (Å²) in [5.41, 5.74) is 7.60. The summed E-state index contributed by atoms with van der Waals surface area (Å²) in [6.07, 6.45) is 2.38. The van der Waals surface area contributed by atoms with Gasteiger partial charge in [-0.05, 0) is 35.7 Å². The van der Waals surface area contributed by atoms with Crippen LogP contribution in [0.1, 0.15) is 18.9 Å². The number of hydrogen-bond acceptors (Lipinski definition) is 2. The van der Waals surface area contributed by atoms with E-state index in [0.717, 1.165) is 18.6 Å². The normalized spacial score (nSPS) is 10.9. The van der Waals surface area contributed by atoms with Gasteiger partial charge in [-0.2, -0.15) is 0 Å². The highest BCUT2D eigenvalue weighted by Crippen LogP contribution is 2.18. The minimum atomic E-state index is -0.263. The van der Waals surface area contributed by atoms with E-state index in [-0.39, 0.29) is 5.91 Å². The van der Waals surface area contributed by atoms with Crippen molar-refractivity contribution in [3.05, 3.63) is 36.0 Å². The number of benzene rings is 1. The molecule has 0 aliphatic rings.